The van der Waals surface area contributed by atoms with E-state index in [4.69, 9.17) is 4.74 Å². The zero-order valence-corrected chi connectivity index (χ0v) is 14.4. The summed E-state index contributed by atoms with van der Waals surface area (Å²) in [5.74, 6) is 0.190. The highest BCUT2D eigenvalue weighted by Gasteiger charge is 2.34. The molecule has 1 N–H and O–H groups in total. The molecule has 1 atom stereocenters. The van der Waals surface area contributed by atoms with Crippen molar-refractivity contribution < 1.29 is 19.1 Å². The number of urea groups is 1. The Morgan fingerprint density at radius 1 is 1.28 bits per heavy atom. The third-order valence-electron chi connectivity index (χ3n) is 4.73. The van der Waals surface area contributed by atoms with Gasteiger partial charge in [0.1, 0.15) is 12.3 Å². The van der Waals surface area contributed by atoms with Gasteiger partial charge in [-0.2, -0.15) is 0 Å². The van der Waals surface area contributed by atoms with Crippen molar-refractivity contribution in [1.82, 2.24) is 20.0 Å². The van der Waals surface area contributed by atoms with E-state index in [-0.39, 0.29) is 30.9 Å². The maximum atomic E-state index is 12.6. The van der Waals surface area contributed by atoms with Crippen molar-refractivity contribution in [1.29, 1.82) is 0 Å². The van der Waals surface area contributed by atoms with Crippen molar-refractivity contribution in [2.45, 2.75) is 6.04 Å². The van der Waals surface area contributed by atoms with Crippen LogP contribution in [0.3, 0.4) is 0 Å². The SMILES string of the molecule is COc1ccccc1C1CN(C(=O)CN2C(=O)CNC2=O)CCN1C. The van der Waals surface area contributed by atoms with Crippen molar-refractivity contribution >= 4 is 17.8 Å². The summed E-state index contributed by atoms with van der Waals surface area (Å²) in [7, 11) is 3.64. The lowest BCUT2D eigenvalue weighted by atomic mass is 10.0. The molecule has 8 heteroatoms. The summed E-state index contributed by atoms with van der Waals surface area (Å²) in [5.41, 5.74) is 1.01. The minimum atomic E-state index is -0.506. The normalized spacial score (nSPS) is 21.4. The standard InChI is InChI=1S/C17H22N4O4/c1-19-7-8-20(16(23)11-21-15(22)9-18-17(21)24)10-13(19)12-5-3-4-6-14(12)25-2/h3-6,13H,7-11H2,1-2H3,(H,18,24). The van der Waals surface area contributed by atoms with Gasteiger partial charge in [0.2, 0.25) is 5.91 Å². The summed E-state index contributed by atoms with van der Waals surface area (Å²) < 4.78 is 5.44. The van der Waals surface area contributed by atoms with Gasteiger partial charge < -0.3 is 15.0 Å². The Morgan fingerprint density at radius 2 is 2.04 bits per heavy atom. The predicted octanol–water partition coefficient (Wildman–Crippen LogP) is 0.0621. The Balaban J connectivity index is 1.73. The van der Waals surface area contributed by atoms with E-state index in [2.05, 4.69) is 10.2 Å². The minimum absolute atomic E-state index is 0.00282. The molecule has 0 saturated carbocycles. The van der Waals surface area contributed by atoms with Crippen LogP contribution in [0.2, 0.25) is 0 Å². The number of hydrogen-bond acceptors (Lipinski definition) is 5. The number of benzene rings is 1. The van der Waals surface area contributed by atoms with E-state index < -0.39 is 6.03 Å². The van der Waals surface area contributed by atoms with Gasteiger partial charge in [-0.05, 0) is 13.1 Å². The van der Waals surface area contributed by atoms with Crippen LogP contribution < -0.4 is 10.1 Å². The summed E-state index contributed by atoms with van der Waals surface area (Å²) in [5, 5.41) is 2.43. The van der Waals surface area contributed by atoms with Crippen molar-refractivity contribution in [3.63, 3.8) is 0 Å². The molecule has 1 aromatic carbocycles. The van der Waals surface area contributed by atoms with Crippen molar-refractivity contribution in [2.24, 2.45) is 0 Å². The molecule has 4 amide bonds. The summed E-state index contributed by atoms with van der Waals surface area (Å²) in [6.45, 7) is 1.49. The first-order chi connectivity index (χ1) is 12.0. The quantitative estimate of drug-likeness (QED) is 0.780. The molecule has 1 aromatic rings. The van der Waals surface area contributed by atoms with Gasteiger partial charge in [0.15, 0.2) is 0 Å². The van der Waals surface area contributed by atoms with Crippen LogP contribution in [0.5, 0.6) is 5.75 Å². The van der Waals surface area contributed by atoms with Gasteiger partial charge in [-0.1, -0.05) is 18.2 Å². The average Bonchev–Trinajstić information content (AvgIpc) is 2.94. The van der Waals surface area contributed by atoms with E-state index >= 15 is 0 Å². The van der Waals surface area contributed by atoms with Gasteiger partial charge in [-0.3, -0.25) is 19.4 Å². The first-order valence-corrected chi connectivity index (χ1v) is 8.20. The highest BCUT2D eigenvalue weighted by Crippen LogP contribution is 2.31. The monoisotopic (exact) mass is 346 g/mol. The Labute approximate surface area is 146 Å². The number of piperazine rings is 1. The smallest absolute Gasteiger partial charge is 0.325 e. The molecule has 2 fully saturated rings. The summed E-state index contributed by atoms with van der Waals surface area (Å²) >= 11 is 0. The number of methoxy groups -OCH3 is 1. The second kappa shape index (κ2) is 7.10. The Morgan fingerprint density at radius 3 is 2.72 bits per heavy atom. The van der Waals surface area contributed by atoms with E-state index in [1.165, 1.54) is 0 Å². The number of nitrogens with zero attached hydrogens (tertiary/aromatic N) is 3. The minimum Gasteiger partial charge on any atom is -0.496 e. The lowest BCUT2D eigenvalue weighted by molar-refractivity contribution is -0.138. The number of rotatable bonds is 4. The van der Waals surface area contributed by atoms with Gasteiger partial charge in [0.05, 0.1) is 19.7 Å². The van der Waals surface area contributed by atoms with Gasteiger partial charge >= 0.3 is 6.03 Å². The number of carbonyl (C=O) groups excluding carboxylic acids is 3. The molecule has 2 saturated heterocycles. The van der Waals surface area contributed by atoms with E-state index in [0.29, 0.717) is 19.6 Å². The van der Waals surface area contributed by atoms with E-state index in [0.717, 1.165) is 16.2 Å². The lowest BCUT2D eigenvalue weighted by Crippen LogP contribution is -2.52. The maximum absolute atomic E-state index is 12.6. The Hall–Kier alpha value is -2.61. The van der Waals surface area contributed by atoms with Crippen LogP contribution in [0.25, 0.3) is 0 Å². The van der Waals surface area contributed by atoms with E-state index in [1.54, 1.807) is 12.0 Å². The molecule has 0 spiro atoms. The molecule has 25 heavy (non-hydrogen) atoms. The molecule has 134 valence electrons. The first-order valence-electron chi connectivity index (χ1n) is 8.20. The van der Waals surface area contributed by atoms with Crippen LogP contribution in [-0.2, 0) is 9.59 Å². The fourth-order valence-electron chi connectivity index (χ4n) is 3.23. The molecule has 0 radical (unpaired) electrons. The summed E-state index contributed by atoms with van der Waals surface area (Å²) in [6, 6.07) is 7.24. The van der Waals surface area contributed by atoms with Crippen LogP contribution in [0.1, 0.15) is 11.6 Å². The largest absolute Gasteiger partial charge is 0.496 e. The molecule has 0 aliphatic carbocycles. The molecule has 2 aliphatic rings. The van der Waals surface area contributed by atoms with Crippen LogP contribution in [0.15, 0.2) is 24.3 Å². The van der Waals surface area contributed by atoms with E-state index in [1.807, 2.05) is 31.3 Å². The summed E-state index contributed by atoms with van der Waals surface area (Å²) in [6.07, 6.45) is 0. The molecule has 0 aromatic heterocycles. The third kappa shape index (κ3) is 3.43. The number of para-hydroxylation sites is 1. The van der Waals surface area contributed by atoms with Crippen LogP contribution in [-0.4, -0.2) is 79.4 Å². The number of imide groups is 1. The number of carbonyl (C=O) groups is 3. The number of amides is 4. The average molecular weight is 346 g/mol. The maximum Gasteiger partial charge on any atom is 0.325 e. The molecular weight excluding hydrogens is 324 g/mol. The zero-order valence-electron chi connectivity index (χ0n) is 14.4. The topological polar surface area (TPSA) is 82.2 Å². The lowest BCUT2D eigenvalue weighted by Gasteiger charge is -2.40. The van der Waals surface area contributed by atoms with Crippen LogP contribution in [0.4, 0.5) is 4.79 Å². The van der Waals surface area contributed by atoms with Crippen LogP contribution in [0, 0.1) is 0 Å². The third-order valence-corrected chi connectivity index (χ3v) is 4.73. The van der Waals surface area contributed by atoms with Crippen LogP contribution >= 0.6 is 0 Å². The van der Waals surface area contributed by atoms with E-state index in [9.17, 15) is 14.4 Å². The van der Waals surface area contributed by atoms with Gasteiger partial charge in [-0.15, -0.1) is 0 Å². The molecule has 8 nitrogen and oxygen atoms in total. The number of nitrogens with one attached hydrogen (secondary N) is 1. The molecule has 2 aliphatic heterocycles. The molecule has 2 heterocycles. The van der Waals surface area contributed by atoms with Gasteiger partial charge in [0, 0.05) is 25.2 Å². The molecule has 3 rings (SSSR count). The highest BCUT2D eigenvalue weighted by molar-refractivity contribution is 6.04. The van der Waals surface area contributed by atoms with Crippen molar-refractivity contribution in [3.8, 4) is 5.75 Å². The molecule has 0 bridgehead atoms. The number of likely N-dealkylation sites (N-methyl/N-ethyl adjacent to an activating group) is 1. The van der Waals surface area contributed by atoms with Crippen molar-refractivity contribution in [2.75, 3.05) is 46.9 Å². The Bertz CT molecular complexity index is 677. The molecular formula is C17H22N4O4. The fourth-order valence-corrected chi connectivity index (χ4v) is 3.23. The summed E-state index contributed by atoms with van der Waals surface area (Å²) in [4.78, 5) is 40.7. The number of hydrogen-bond donors (Lipinski definition) is 1. The van der Waals surface area contributed by atoms with Crippen molar-refractivity contribution in [3.05, 3.63) is 29.8 Å². The molecule has 1 unspecified atom stereocenters. The predicted molar refractivity (Wildman–Crippen MR) is 90.1 cm³/mol. The highest BCUT2D eigenvalue weighted by atomic mass is 16.5. The van der Waals surface area contributed by atoms with Gasteiger partial charge in [0.25, 0.3) is 5.91 Å². The Kier molecular flexibility index (Phi) is 4.89. The first kappa shape index (κ1) is 17.2. The zero-order chi connectivity index (χ0) is 18.0. The fraction of sp³-hybridized carbons (Fsp3) is 0.471. The number of ether oxygens (including phenoxy) is 1. The second-order valence-electron chi connectivity index (χ2n) is 6.22. The second-order valence-corrected chi connectivity index (χ2v) is 6.22. The van der Waals surface area contributed by atoms with Gasteiger partial charge in [-0.25, -0.2) is 4.79 Å².